The number of para-hydroxylation sites is 1. The second-order valence-corrected chi connectivity index (χ2v) is 8.28. The first kappa shape index (κ1) is 20.0. The number of carbonyl (C=O) groups is 1. The quantitative estimate of drug-likeness (QED) is 0.744. The number of carbonyl (C=O) groups excluding carboxylic acids is 1. The van der Waals surface area contributed by atoms with Crippen LogP contribution in [0.2, 0.25) is 0 Å². The highest BCUT2D eigenvalue weighted by molar-refractivity contribution is 5.93. The van der Waals surface area contributed by atoms with Crippen LogP contribution in [0.5, 0.6) is 5.75 Å². The Hall–Kier alpha value is -2.29. The Morgan fingerprint density at radius 2 is 1.81 bits per heavy atom. The van der Waals surface area contributed by atoms with Crippen molar-refractivity contribution in [2.24, 2.45) is 0 Å². The Labute approximate surface area is 157 Å². The maximum atomic E-state index is 12.5. The average molecular weight is 354 g/mol. The lowest BCUT2D eigenvalue weighted by Crippen LogP contribution is -2.23. The van der Waals surface area contributed by atoms with Crippen LogP contribution in [0.1, 0.15) is 62.8 Å². The Morgan fingerprint density at radius 1 is 1.12 bits per heavy atom. The third-order valence-corrected chi connectivity index (χ3v) is 4.49. The van der Waals surface area contributed by atoms with Crippen LogP contribution in [0.25, 0.3) is 0 Å². The summed E-state index contributed by atoms with van der Waals surface area (Å²) in [5.74, 6) is 0.976. The fourth-order valence-electron chi connectivity index (χ4n) is 3.02. The third-order valence-electron chi connectivity index (χ3n) is 4.49. The van der Waals surface area contributed by atoms with Crippen LogP contribution in [-0.4, -0.2) is 12.5 Å². The van der Waals surface area contributed by atoms with Gasteiger partial charge >= 0.3 is 0 Å². The highest BCUT2D eigenvalue weighted by atomic mass is 16.5. The molecule has 0 unspecified atom stereocenters. The molecule has 1 amide bonds. The second kappa shape index (κ2) is 7.94. The molecular formula is C23H31NO2. The van der Waals surface area contributed by atoms with Gasteiger partial charge < -0.3 is 10.1 Å². The van der Waals surface area contributed by atoms with Crippen molar-refractivity contribution in [3.05, 3.63) is 58.7 Å². The molecule has 0 aliphatic rings. The number of hydrogen-bond acceptors (Lipinski definition) is 2. The molecule has 3 nitrogen and oxygen atoms in total. The molecule has 0 aliphatic carbocycles. The van der Waals surface area contributed by atoms with E-state index in [1.165, 1.54) is 5.56 Å². The van der Waals surface area contributed by atoms with Crippen molar-refractivity contribution >= 4 is 11.6 Å². The summed E-state index contributed by atoms with van der Waals surface area (Å²) in [6, 6.07) is 12.2. The second-order valence-electron chi connectivity index (χ2n) is 8.28. The lowest BCUT2D eigenvalue weighted by atomic mass is 9.85. The number of ether oxygens (including phenoxy) is 1. The molecule has 26 heavy (non-hydrogen) atoms. The minimum absolute atomic E-state index is 0.00197. The molecule has 2 aromatic rings. The van der Waals surface area contributed by atoms with Gasteiger partial charge in [0.05, 0.1) is 0 Å². The zero-order valence-corrected chi connectivity index (χ0v) is 17.1. The average Bonchev–Trinajstić information content (AvgIpc) is 2.54. The van der Waals surface area contributed by atoms with E-state index in [1.807, 2.05) is 31.2 Å². The molecule has 2 aromatic carbocycles. The summed E-state index contributed by atoms with van der Waals surface area (Å²) >= 11 is 0. The summed E-state index contributed by atoms with van der Waals surface area (Å²) in [5, 5.41) is 3.04. The first-order chi connectivity index (χ1) is 12.1. The maximum Gasteiger partial charge on any atom is 0.262 e. The van der Waals surface area contributed by atoms with Gasteiger partial charge in [0.25, 0.3) is 5.91 Å². The van der Waals surface area contributed by atoms with Crippen molar-refractivity contribution in [2.75, 3.05) is 11.9 Å². The summed E-state index contributed by atoms with van der Waals surface area (Å²) in [6.07, 6.45) is 0. The normalized spacial score (nSPS) is 11.5. The number of rotatable bonds is 5. The fourth-order valence-corrected chi connectivity index (χ4v) is 3.02. The van der Waals surface area contributed by atoms with Gasteiger partial charge in [0.2, 0.25) is 0 Å². The molecule has 0 saturated heterocycles. The number of hydrogen-bond donors (Lipinski definition) is 1. The van der Waals surface area contributed by atoms with Gasteiger partial charge in [-0.2, -0.15) is 0 Å². The van der Waals surface area contributed by atoms with Crippen LogP contribution < -0.4 is 10.1 Å². The zero-order valence-electron chi connectivity index (χ0n) is 17.1. The first-order valence-corrected chi connectivity index (χ1v) is 9.23. The minimum Gasteiger partial charge on any atom is -0.483 e. The van der Waals surface area contributed by atoms with Crippen LogP contribution in [0.15, 0.2) is 36.4 Å². The summed E-state index contributed by atoms with van der Waals surface area (Å²) in [5.41, 5.74) is 5.37. The highest BCUT2D eigenvalue weighted by Crippen LogP contribution is 2.32. The van der Waals surface area contributed by atoms with Crippen molar-refractivity contribution in [3.63, 3.8) is 0 Å². The van der Waals surface area contributed by atoms with E-state index in [4.69, 9.17) is 4.74 Å². The number of anilines is 1. The van der Waals surface area contributed by atoms with E-state index in [0.717, 1.165) is 28.1 Å². The SMILES string of the molecule is Cc1ccc(OCC(=O)Nc2c(C)cccc2C(C)C)c(C(C)(C)C)c1. The Bertz CT molecular complexity index is 785. The van der Waals surface area contributed by atoms with Gasteiger partial charge in [0.15, 0.2) is 6.61 Å². The molecule has 0 bridgehead atoms. The molecule has 3 heteroatoms. The van der Waals surface area contributed by atoms with Crippen LogP contribution in [0.3, 0.4) is 0 Å². The number of amides is 1. The summed E-state index contributed by atoms with van der Waals surface area (Å²) in [7, 11) is 0. The van der Waals surface area contributed by atoms with E-state index in [0.29, 0.717) is 5.92 Å². The molecule has 0 saturated carbocycles. The molecule has 0 atom stereocenters. The summed E-state index contributed by atoms with van der Waals surface area (Å²) in [4.78, 5) is 12.5. The topological polar surface area (TPSA) is 38.3 Å². The monoisotopic (exact) mass is 353 g/mol. The van der Waals surface area contributed by atoms with Crippen molar-refractivity contribution in [1.29, 1.82) is 0 Å². The first-order valence-electron chi connectivity index (χ1n) is 9.23. The van der Waals surface area contributed by atoms with E-state index >= 15 is 0 Å². The van der Waals surface area contributed by atoms with E-state index in [-0.39, 0.29) is 17.9 Å². The van der Waals surface area contributed by atoms with Gasteiger partial charge in [0.1, 0.15) is 5.75 Å². The van der Waals surface area contributed by atoms with Gasteiger partial charge in [-0.25, -0.2) is 0 Å². The lowest BCUT2D eigenvalue weighted by molar-refractivity contribution is -0.118. The molecule has 0 spiro atoms. The predicted octanol–water partition coefficient (Wildman–Crippen LogP) is 5.74. The summed E-state index contributed by atoms with van der Waals surface area (Å²) in [6.45, 7) is 14.8. The van der Waals surface area contributed by atoms with Crippen LogP contribution in [0.4, 0.5) is 5.69 Å². The highest BCUT2D eigenvalue weighted by Gasteiger charge is 2.20. The third kappa shape index (κ3) is 4.87. The molecule has 1 N–H and O–H groups in total. The van der Waals surface area contributed by atoms with Gasteiger partial charge in [-0.1, -0.05) is 70.5 Å². The van der Waals surface area contributed by atoms with E-state index in [1.54, 1.807) is 0 Å². The van der Waals surface area contributed by atoms with Crippen molar-refractivity contribution in [2.45, 2.75) is 59.8 Å². The number of benzene rings is 2. The molecule has 0 aliphatic heterocycles. The molecule has 0 fully saturated rings. The molecule has 2 rings (SSSR count). The van der Waals surface area contributed by atoms with E-state index in [9.17, 15) is 4.79 Å². The number of aryl methyl sites for hydroxylation is 2. The Balaban J connectivity index is 2.14. The standard InChI is InChI=1S/C23H31NO2/c1-15(2)18-10-8-9-17(4)22(18)24-21(25)14-26-20-12-11-16(3)13-19(20)23(5,6)7/h8-13,15H,14H2,1-7H3,(H,24,25). The van der Waals surface area contributed by atoms with Crippen LogP contribution in [0, 0.1) is 13.8 Å². The molecular weight excluding hydrogens is 322 g/mol. The molecule has 0 heterocycles. The molecule has 0 aromatic heterocycles. The Morgan fingerprint density at radius 3 is 2.42 bits per heavy atom. The van der Waals surface area contributed by atoms with Crippen LogP contribution in [-0.2, 0) is 10.2 Å². The maximum absolute atomic E-state index is 12.5. The summed E-state index contributed by atoms with van der Waals surface area (Å²) < 4.78 is 5.88. The van der Waals surface area contributed by atoms with Crippen molar-refractivity contribution in [1.82, 2.24) is 0 Å². The number of nitrogens with one attached hydrogen (secondary N) is 1. The van der Waals surface area contributed by atoms with Gasteiger partial charge in [-0.15, -0.1) is 0 Å². The Kier molecular flexibility index (Phi) is 6.12. The lowest BCUT2D eigenvalue weighted by Gasteiger charge is -2.23. The van der Waals surface area contributed by atoms with Crippen LogP contribution >= 0.6 is 0 Å². The van der Waals surface area contributed by atoms with Gasteiger partial charge in [-0.3, -0.25) is 4.79 Å². The van der Waals surface area contributed by atoms with Gasteiger partial charge in [-0.05, 0) is 47.9 Å². The predicted molar refractivity (Wildman–Crippen MR) is 109 cm³/mol. The smallest absolute Gasteiger partial charge is 0.262 e. The fraction of sp³-hybridized carbons (Fsp3) is 0.435. The van der Waals surface area contributed by atoms with E-state index in [2.05, 4.69) is 59.0 Å². The minimum atomic E-state index is -0.137. The van der Waals surface area contributed by atoms with Crippen molar-refractivity contribution < 1.29 is 9.53 Å². The van der Waals surface area contributed by atoms with Gasteiger partial charge in [0, 0.05) is 5.69 Å². The van der Waals surface area contributed by atoms with Crippen molar-refractivity contribution in [3.8, 4) is 5.75 Å². The molecule has 140 valence electrons. The largest absolute Gasteiger partial charge is 0.483 e. The molecule has 0 radical (unpaired) electrons. The van der Waals surface area contributed by atoms with E-state index < -0.39 is 0 Å². The zero-order chi connectivity index (χ0) is 19.5.